The van der Waals surface area contributed by atoms with E-state index >= 15 is 0 Å². The van der Waals surface area contributed by atoms with E-state index in [0.717, 1.165) is 31.1 Å². The summed E-state index contributed by atoms with van der Waals surface area (Å²) in [7, 11) is 1.67. The first kappa shape index (κ1) is 17.6. The lowest BCUT2D eigenvalue weighted by molar-refractivity contribution is -0.133. The van der Waals surface area contributed by atoms with Crippen molar-refractivity contribution in [1.29, 1.82) is 0 Å². The molecule has 1 aromatic heterocycles. The molecule has 2 heterocycles. The number of piperazine rings is 1. The third kappa shape index (κ3) is 4.25. The number of benzene rings is 1. The molecule has 1 unspecified atom stereocenters. The third-order valence-electron chi connectivity index (χ3n) is 4.54. The van der Waals surface area contributed by atoms with E-state index < -0.39 is 0 Å². The molecular weight excluding hydrogens is 340 g/mol. The van der Waals surface area contributed by atoms with E-state index in [2.05, 4.69) is 29.1 Å². The van der Waals surface area contributed by atoms with Crippen LogP contribution < -0.4 is 9.64 Å². The van der Waals surface area contributed by atoms with Crippen molar-refractivity contribution in [1.82, 2.24) is 14.7 Å². The maximum Gasteiger partial charge on any atom is 0.224 e. The molecule has 25 heavy (non-hydrogen) atoms. The summed E-state index contributed by atoms with van der Waals surface area (Å²) in [5.74, 6) is 1.01. The molecule has 1 aromatic carbocycles. The Hall–Kier alpha value is -2.21. The standard InChI is InChI=1S/C18H23ClN4O2/c1-14-12-21(16-3-5-17(25-2)6-4-16)9-10-23(14)18(24)7-8-22-13-15(19)11-20-22/h3-6,11,13-14H,7-10,12H2,1-2H3. The van der Waals surface area contributed by atoms with Crippen molar-refractivity contribution in [2.45, 2.75) is 25.9 Å². The number of aryl methyl sites for hydroxylation is 1. The van der Waals surface area contributed by atoms with Crippen molar-refractivity contribution in [2.24, 2.45) is 0 Å². The molecule has 7 heteroatoms. The first-order valence-electron chi connectivity index (χ1n) is 8.43. The number of hydrogen-bond acceptors (Lipinski definition) is 4. The number of methoxy groups -OCH3 is 1. The molecule has 1 atom stereocenters. The van der Waals surface area contributed by atoms with Crippen molar-refractivity contribution < 1.29 is 9.53 Å². The van der Waals surface area contributed by atoms with Gasteiger partial charge in [0.2, 0.25) is 5.91 Å². The van der Waals surface area contributed by atoms with Crippen LogP contribution in [0.2, 0.25) is 5.02 Å². The summed E-state index contributed by atoms with van der Waals surface area (Å²) in [5.41, 5.74) is 1.16. The largest absolute Gasteiger partial charge is 0.497 e. The van der Waals surface area contributed by atoms with E-state index in [4.69, 9.17) is 16.3 Å². The summed E-state index contributed by atoms with van der Waals surface area (Å²) in [4.78, 5) is 16.8. The number of anilines is 1. The van der Waals surface area contributed by atoms with Crippen LogP contribution in [0.3, 0.4) is 0 Å². The number of rotatable bonds is 5. The summed E-state index contributed by atoms with van der Waals surface area (Å²) >= 11 is 5.85. The highest BCUT2D eigenvalue weighted by Gasteiger charge is 2.27. The first-order valence-corrected chi connectivity index (χ1v) is 8.81. The van der Waals surface area contributed by atoms with E-state index in [-0.39, 0.29) is 11.9 Å². The van der Waals surface area contributed by atoms with E-state index in [1.54, 1.807) is 24.2 Å². The van der Waals surface area contributed by atoms with Gasteiger partial charge in [0.05, 0.1) is 18.3 Å². The fourth-order valence-electron chi connectivity index (χ4n) is 3.17. The Balaban J connectivity index is 1.54. The van der Waals surface area contributed by atoms with E-state index in [1.807, 2.05) is 17.0 Å². The van der Waals surface area contributed by atoms with Crippen molar-refractivity contribution in [2.75, 3.05) is 31.6 Å². The Bertz CT molecular complexity index is 716. The predicted octanol–water partition coefficient (Wildman–Crippen LogP) is 2.67. The Morgan fingerprint density at radius 3 is 2.68 bits per heavy atom. The molecule has 0 radical (unpaired) electrons. The summed E-state index contributed by atoms with van der Waals surface area (Å²) in [6, 6.07) is 8.22. The van der Waals surface area contributed by atoms with Gasteiger partial charge in [0, 0.05) is 50.5 Å². The Kier molecular flexibility index (Phi) is 5.48. The smallest absolute Gasteiger partial charge is 0.224 e. The van der Waals surface area contributed by atoms with Crippen LogP contribution >= 0.6 is 11.6 Å². The van der Waals surface area contributed by atoms with Crippen LogP contribution in [-0.2, 0) is 11.3 Å². The van der Waals surface area contributed by atoms with Crippen LogP contribution in [0.1, 0.15) is 13.3 Å². The summed E-state index contributed by atoms with van der Waals surface area (Å²) in [6.45, 7) is 5.03. The minimum atomic E-state index is 0.161. The van der Waals surface area contributed by atoms with Gasteiger partial charge < -0.3 is 14.5 Å². The van der Waals surface area contributed by atoms with Gasteiger partial charge in [-0.2, -0.15) is 5.10 Å². The van der Waals surface area contributed by atoms with Crippen LogP contribution in [0.15, 0.2) is 36.7 Å². The zero-order chi connectivity index (χ0) is 17.8. The van der Waals surface area contributed by atoms with Crippen molar-refractivity contribution in [3.8, 4) is 5.75 Å². The van der Waals surface area contributed by atoms with Gasteiger partial charge in [-0.1, -0.05) is 11.6 Å². The highest BCUT2D eigenvalue weighted by atomic mass is 35.5. The number of nitrogens with zero attached hydrogens (tertiary/aromatic N) is 4. The second-order valence-corrected chi connectivity index (χ2v) is 6.69. The number of carbonyl (C=O) groups excluding carboxylic acids is 1. The van der Waals surface area contributed by atoms with E-state index in [0.29, 0.717) is 18.0 Å². The van der Waals surface area contributed by atoms with Gasteiger partial charge >= 0.3 is 0 Å². The third-order valence-corrected chi connectivity index (χ3v) is 4.74. The fourth-order valence-corrected chi connectivity index (χ4v) is 3.33. The Morgan fingerprint density at radius 1 is 1.32 bits per heavy atom. The lowest BCUT2D eigenvalue weighted by atomic mass is 10.1. The zero-order valence-corrected chi connectivity index (χ0v) is 15.3. The predicted molar refractivity (Wildman–Crippen MR) is 98.2 cm³/mol. The molecule has 0 spiro atoms. The summed E-state index contributed by atoms with van der Waals surface area (Å²) in [6.07, 6.45) is 3.76. The second-order valence-electron chi connectivity index (χ2n) is 6.25. The molecule has 0 N–H and O–H groups in total. The Labute approximate surface area is 152 Å². The van der Waals surface area contributed by atoms with Crippen LogP contribution in [0, 0.1) is 0 Å². The average molecular weight is 363 g/mol. The SMILES string of the molecule is COc1ccc(N2CCN(C(=O)CCn3cc(Cl)cn3)C(C)C2)cc1. The minimum absolute atomic E-state index is 0.161. The van der Waals surface area contributed by atoms with Crippen molar-refractivity contribution >= 4 is 23.2 Å². The fraction of sp³-hybridized carbons (Fsp3) is 0.444. The molecular formula is C18H23ClN4O2. The van der Waals surface area contributed by atoms with Crippen LogP contribution in [0.5, 0.6) is 5.75 Å². The second kappa shape index (κ2) is 7.78. The van der Waals surface area contributed by atoms with Crippen LogP contribution in [0.25, 0.3) is 0 Å². The zero-order valence-electron chi connectivity index (χ0n) is 14.6. The quantitative estimate of drug-likeness (QED) is 0.820. The summed E-state index contributed by atoms with van der Waals surface area (Å²) < 4.78 is 6.91. The highest BCUT2D eigenvalue weighted by Crippen LogP contribution is 2.22. The summed E-state index contributed by atoms with van der Waals surface area (Å²) in [5, 5.41) is 4.70. The molecule has 1 aliphatic heterocycles. The number of hydrogen-bond donors (Lipinski definition) is 0. The number of amides is 1. The van der Waals surface area contributed by atoms with Gasteiger partial charge in [-0.25, -0.2) is 0 Å². The van der Waals surface area contributed by atoms with Crippen LogP contribution in [-0.4, -0.2) is 53.4 Å². The molecule has 2 aromatic rings. The number of halogens is 1. The van der Waals surface area contributed by atoms with Gasteiger partial charge in [0.1, 0.15) is 5.75 Å². The molecule has 0 aliphatic carbocycles. The van der Waals surface area contributed by atoms with Crippen LogP contribution in [0.4, 0.5) is 5.69 Å². The van der Waals surface area contributed by atoms with Gasteiger partial charge in [-0.05, 0) is 31.2 Å². The Morgan fingerprint density at radius 2 is 2.08 bits per heavy atom. The molecule has 6 nitrogen and oxygen atoms in total. The molecule has 0 saturated carbocycles. The number of ether oxygens (including phenoxy) is 1. The van der Waals surface area contributed by atoms with Gasteiger partial charge in [-0.3, -0.25) is 9.48 Å². The van der Waals surface area contributed by atoms with E-state index in [9.17, 15) is 4.79 Å². The first-order chi connectivity index (χ1) is 12.1. The molecule has 1 fully saturated rings. The maximum atomic E-state index is 12.5. The topological polar surface area (TPSA) is 50.6 Å². The van der Waals surface area contributed by atoms with Crippen molar-refractivity contribution in [3.05, 3.63) is 41.7 Å². The normalized spacial score (nSPS) is 17.6. The van der Waals surface area contributed by atoms with Gasteiger partial charge in [0.25, 0.3) is 0 Å². The van der Waals surface area contributed by atoms with Gasteiger partial charge in [-0.15, -0.1) is 0 Å². The van der Waals surface area contributed by atoms with Gasteiger partial charge in [0.15, 0.2) is 0 Å². The molecule has 1 amide bonds. The molecule has 3 rings (SSSR count). The molecule has 134 valence electrons. The number of carbonyl (C=O) groups is 1. The maximum absolute atomic E-state index is 12.5. The molecule has 1 aliphatic rings. The molecule has 0 bridgehead atoms. The lowest BCUT2D eigenvalue weighted by Gasteiger charge is -2.41. The highest BCUT2D eigenvalue weighted by molar-refractivity contribution is 6.30. The molecule has 1 saturated heterocycles. The minimum Gasteiger partial charge on any atom is -0.497 e. The number of aromatic nitrogens is 2. The lowest BCUT2D eigenvalue weighted by Crippen LogP contribution is -2.54. The average Bonchev–Trinajstić information content (AvgIpc) is 3.05. The van der Waals surface area contributed by atoms with E-state index in [1.165, 1.54) is 0 Å². The monoisotopic (exact) mass is 362 g/mol. The van der Waals surface area contributed by atoms with Crippen molar-refractivity contribution in [3.63, 3.8) is 0 Å².